The van der Waals surface area contributed by atoms with Crippen LogP contribution in [0.4, 0.5) is 0 Å². The molecule has 1 aliphatic rings. The van der Waals surface area contributed by atoms with Gasteiger partial charge in [0.15, 0.2) is 0 Å². The Labute approximate surface area is 145 Å². The molecule has 0 saturated heterocycles. The first-order valence-electron chi connectivity index (χ1n) is 9.43. The quantitative estimate of drug-likeness (QED) is 0.516. The van der Waals surface area contributed by atoms with Crippen molar-refractivity contribution in [3.8, 4) is 5.75 Å². The van der Waals surface area contributed by atoms with Crippen molar-refractivity contribution in [1.82, 2.24) is 0 Å². The summed E-state index contributed by atoms with van der Waals surface area (Å²) in [6, 6.07) is 8.98. The molecular formula is C21H36OS. The van der Waals surface area contributed by atoms with E-state index in [0.717, 1.165) is 22.2 Å². The van der Waals surface area contributed by atoms with Gasteiger partial charge in [-0.15, -0.1) is 0 Å². The highest BCUT2D eigenvalue weighted by molar-refractivity contribution is 8.34. The van der Waals surface area contributed by atoms with Gasteiger partial charge in [0.1, 0.15) is 5.75 Å². The lowest BCUT2D eigenvalue weighted by Gasteiger charge is -2.48. The van der Waals surface area contributed by atoms with E-state index in [0.29, 0.717) is 0 Å². The smallest absolute Gasteiger partial charge is 0.118 e. The van der Waals surface area contributed by atoms with Crippen molar-refractivity contribution in [2.45, 2.75) is 81.6 Å². The lowest BCUT2D eigenvalue weighted by molar-refractivity contribution is 0.414. The van der Waals surface area contributed by atoms with Crippen molar-refractivity contribution in [2.24, 2.45) is 5.92 Å². The third kappa shape index (κ3) is 4.26. The Balaban J connectivity index is 2.16. The second kappa shape index (κ2) is 8.46. The van der Waals surface area contributed by atoms with Crippen LogP contribution in [0.1, 0.15) is 66.2 Å². The molecule has 0 amide bonds. The largest absolute Gasteiger partial charge is 0.497 e. The average molecular weight is 337 g/mol. The fourth-order valence-electron chi connectivity index (χ4n) is 4.42. The van der Waals surface area contributed by atoms with Gasteiger partial charge in [0.2, 0.25) is 0 Å². The standard InChI is InChI=1S/C21H36OS/c1-17(2)23(18(3)4,16-8-11-19-9-6-7-10-19)21-14-12-20(22-5)13-15-21/h12-15,17-19H,6-11,16H2,1-5H3. The Bertz CT molecular complexity index is 449. The van der Waals surface area contributed by atoms with Crippen molar-refractivity contribution in [1.29, 1.82) is 0 Å². The van der Waals surface area contributed by atoms with Crippen LogP contribution in [-0.2, 0) is 0 Å². The predicted octanol–water partition coefficient (Wildman–Crippen LogP) is 6.65. The van der Waals surface area contributed by atoms with Crippen LogP contribution in [0.3, 0.4) is 0 Å². The third-order valence-electron chi connectivity index (χ3n) is 5.75. The molecule has 0 aromatic heterocycles. The minimum absolute atomic E-state index is 0.736. The molecule has 0 N–H and O–H groups in total. The zero-order valence-corrected chi connectivity index (χ0v) is 16.6. The molecule has 2 rings (SSSR count). The van der Waals surface area contributed by atoms with E-state index in [2.05, 4.69) is 52.0 Å². The molecule has 1 aromatic rings. The lowest BCUT2D eigenvalue weighted by Crippen LogP contribution is -2.25. The van der Waals surface area contributed by atoms with Crippen LogP contribution in [0.25, 0.3) is 0 Å². The van der Waals surface area contributed by atoms with Crippen LogP contribution in [0.5, 0.6) is 5.75 Å². The summed E-state index contributed by atoms with van der Waals surface area (Å²) in [5.41, 5.74) is 0. The summed E-state index contributed by atoms with van der Waals surface area (Å²) in [5.74, 6) is 3.38. The fraction of sp³-hybridized carbons (Fsp3) is 0.714. The SMILES string of the molecule is COc1ccc(S(CCCC2CCCC2)(C(C)C)C(C)C)cc1. The van der Waals surface area contributed by atoms with Crippen LogP contribution in [0.2, 0.25) is 0 Å². The van der Waals surface area contributed by atoms with Gasteiger partial charge in [-0.1, -0.05) is 53.4 Å². The highest BCUT2D eigenvalue weighted by Gasteiger charge is 2.33. The first kappa shape index (κ1) is 18.7. The summed E-state index contributed by atoms with van der Waals surface area (Å²) >= 11 is 0. The monoisotopic (exact) mass is 336 g/mol. The van der Waals surface area contributed by atoms with Crippen LogP contribution >= 0.6 is 10.0 Å². The van der Waals surface area contributed by atoms with E-state index >= 15 is 0 Å². The van der Waals surface area contributed by atoms with Crippen molar-refractivity contribution in [2.75, 3.05) is 12.9 Å². The molecule has 0 heterocycles. The summed E-state index contributed by atoms with van der Waals surface area (Å²) in [5, 5.41) is 1.47. The normalized spacial score (nSPS) is 17.2. The molecule has 0 atom stereocenters. The molecule has 1 saturated carbocycles. The average Bonchev–Trinajstić information content (AvgIpc) is 3.04. The van der Waals surface area contributed by atoms with E-state index in [1.807, 2.05) is 0 Å². The van der Waals surface area contributed by atoms with Crippen LogP contribution in [0.15, 0.2) is 29.2 Å². The van der Waals surface area contributed by atoms with Gasteiger partial charge in [0.05, 0.1) is 7.11 Å². The third-order valence-corrected chi connectivity index (χ3v) is 11.2. The molecule has 1 aliphatic carbocycles. The second-order valence-electron chi connectivity index (χ2n) is 7.62. The summed E-state index contributed by atoms with van der Waals surface area (Å²) < 4.78 is 5.36. The molecule has 1 nitrogen and oxygen atoms in total. The first-order chi connectivity index (χ1) is 11.0. The molecule has 1 aromatic carbocycles. The molecule has 0 unspecified atom stereocenters. The number of hydrogen-bond acceptors (Lipinski definition) is 1. The molecule has 2 heteroatoms. The molecule has 0 radical (unpaired) electrons. The van der Waals surface area contributed by atoms with Crippen molar-refractivity contribution >= 4 is 10.0 Å². The lowest BCUT2D eigenvalue weighted by atomic mass is 10.0. The molecule has 1 fully saturated rings. The number of rotatable bonds is 8. The van der Waals surface area contributed by atoms with Crippen LogP contribution < -0.4 is 4.74 Å². The Kier molecular flexibility index (Phi) is 6.88. The highest BCUT2D eigenvalue weighted by atomic mass is 32.3. The number of benzene rings is 1. The van der Waals surface area contributed by atoms with E-state index in [9.17, 15) is 0 Å². The van der Waals surface area contributed by atoms with Gasteiger partial charge in [-0.3, -0.25) is 0 Å². The Morgan fingerprint density at radius 3 is 2.04 bits per heavy atom. The number of hydrogen-bond donors (Lipinski definition) is 0. The summed E-state index contributed by atoms with van der Waals surface area (Å²) in [6.45, 7) is 9.76. The van der Waals surface area contributed by atoms with Gasteiger partial charge in [-0.2, -0.15) is 0 Å². The van der Waals surface area contributed by atoms with Gasteiger partial charge in [0, 0.05) is 0 Å². The topological polar surface area (TPSA) is 9.23 Å². The minimum Gasteiger partial charge on any atom is -0.497 e. The predicted molar refractivity (Wildman–Crippen MR) is 105 cm³/mol. The van der Waals surface area contributed by atoms with E-state index in [4.69, 9.17) is 4.74 Å². The second-order valence-corrected chi connectivity index (χ2v) is 12.1. The molecule has 0 bridgehead atoms. The summed E-state index contributed by atoms with van der Waals surface area (Å²) in [4.78, 5) is 1.58. The van der Waals surface area contributed by atoms with E-state index in [1.165, 1.54) is 44.3 Å². The maximum absolute atomic E-state index is 5.36. The van der Waals surface area contributed by atoms with Crippen molar-refractivity contribution in [3.63, 3.8) is 0 Å². The first-order valence-corrected chi connectivity index (χ1v) is 11.4. The van der Waals surface area contributed by atoms with E-state index < -0.39 is 10.0 Å². The maximum atomic E-state index is 5.36. The molecule has 0 spiro atoms. The van der Waals surface area contributed by atoms with Gasteiger partial charge < -0.3 is 4.74 Å². The molecule has 132 valence electrons. The fourth-order valence-corrected chi connectivity index (χ4v) is 9.06. The van der Waals surface area contributed by atoms with Crippen molar-refractivity contribution in [3.05, 3.63) is 24.3 Å². The van der Waals surface area contributed by atoms with E-state index in [-0.39, 0.29) is 0 Å². The zero-order valence-electron chi connectivity index (χ0n) is 15.8. The van der Waals surface area contributed by atoms with Gasteiger partial charge in [-0.05, 0) is 64.2 Å². The molecular weight excluding hydrogens is 300 g/mol. The van der Waals surface area contributed by atoms with E-state index in [1.54, 1.807) is 12.0 Å². The van der Waals surface area contributed by atoms with Crippen molar-refractivity contribution < 1.29 is 4.74 Å². The van der Waals surface area contributed by atoms with Gasteiger partial charge >= 0.3 is 0 Å². The Morgan fingerprint density at radius 2 is 1.57 bits per heavy atom. The molecule has 23 heavy (non-hydrogen) atoms. The summed E-state index contributed by atoms with van der Waals surface area (Å²) in [7, 11) is 0.971. The molecule has 0 aliphatic heterocycles. The highest BCUT2D eigenvalue weighted by Crippen LogP contribution is 2.63. The van der Waals surface area contributed by atoms with Crippen LogP contribution in [0, 0.1) is 5.92 Å². The van der Waals surface area contributed by atoms with Gasteiger partial charge in [-0.25, -0.2) is 10.0 Å². The zero-order chi connectivity index (χ0) is 16.9. The maximum Gasteiger partial charge on any atom is 0.118 e. The Hall–Kier alpha value is -0.630. The van der Waals surface area contributed by atoms with Gasteiger partial charge in [0.25, 0.3) is 0 Å². The minimum atomic E-state index is -0.781. The summed E-state index contributed by atoms with van der Waals surface area (Å²) in [6.07, 6.45) is 8.75. The van der Waals surface area contributed by atoms with Crippen LogP contribution in [-0.4, -0.2) is 23.4 Å². The number of ether oxygens (including phenoxy) is 1. The Morgan fingerprint density at radius 1 is 1.00 bits per heavy atom. The number of methoxy groups -OCH3 is 1.